The van der Waals surface area contributed by atoms with Gasteiger partial charge in [0.2, 0.25) is 0 Å². The zero-order chi connectivity index (χ0) is 37.7. The van der Waals surface area contributed by atoms with Crippen LogP contribution in [0.1, 0.15) is 5.56 Å². The number of aromatic amines is 2. The summed E-state index contributed by atoms with van der Waals surface area (Å²) in [7, 11) is 3.35. The zero-order valence-corrected chi connectivity index (χ0v) is 30.6. The van der Waals surface area contributed by atoms with E-state index < -0.39 is 0 Å². The number of phenolic OH excluding ortho intramolecular Hbond substituents is 2. The van der Waals surface area contributed by atoms with Gasteiger partial charge in [-0.15, -0.1) is 0 Å². The fourth-order valence-electron chi connectivity index (χ4n) is 7.07. The number of H-pyrrole nitrogens is 2. The minimum atomic E-state index is 0.242. The minimum Gasteiger partial charge on any atom is -0.508 e. The molecule has 5 heterocycles. The lowest BCUT2D eigenvalue weighted by Gasteiger charge is -2.26. The summed E-state index contributed by atoms with van der Waals surface area (Å²) in [6.45, 7) is 4.00. The SMILES string of the molecule is COc1ccccc1-c1c[nH]c2ncc(-c3ccc(CN4CCOCC4)c(O)c3)cc12.COc1ccccc1-c1c[nH]c2ncc(-c3cccc(O)c3)cc12. The number of aromatic hydroxyl groups is 2. The van der Waals surface area contributed by atoms with Crippen LogP contribution in [0.25, 0.3) is 66.6 Å². The summed E-state index contributed by atoms with van der Waals surface area (Å²) in [5.74, 6) is 2.19. The van der Waals surface area contributed by atoms with Crippen molar-refractivity contribution in [3.63, 3.8) is 0 Å². The van der Waals surface area contributed by atoms with E-state index in [2.05, 4.69) is 37.0 Å². The van der Waals surface area contributed by atoms with E-state index in [0.29, 0.717) is 5.75 Å². The number of pyridine rings is 2. The first-order valence-corrected chi connectivity index (χ1v) is 18.1. The highest BCUT2D eigenvalue weighted by Crippen LogP contribution is 2.38. The molecule has 276 valence electrons. The first kappa shape index (κ1) is 35.4. The maximum absolute atomic E-state index is 10.7. The van der Waals surface area contributed by atoms with Gasteiger partial charge in [0.05, 0.1) is 27.4 Å². The summed E-state index contributed by atoms with van der Waals surface area (Å²) >= 11 is 0. The standard InChI is InChI=1S/C25H25N3O3.C20H16N2O2/c1-30-24-5-3-2-4-20(24)22-15-27-25-21(22)12-19(14-26-25)17-6-7-18(23(29)13-17)16-28-8-10-31-11-9-28;1-24-19-8-3-2-7-16(19)18-12-22-20-17(18)10-14(11-21-20)13-5-4-6-15(23)9-13/h2-7,12-15,29H,8-11,16H2,1H3,(H,26,27);2-12,23H,1H3,(H,21,22). The molecule has 9 rings (SSSR count). The summed E-state index contributed by atoms with van der Waals surface area (Å²) in [6, 6.07) is 33.1. The van der Waals surface area contributed by atoms with Gasteiger partial charge in [0.15, 0.2) is 0 Å². The quantitative estimate of drug-likeness (QED) is 0.122. The van der Waals surface area contributed by atoms with Crippen LogP contribution in [-0.4, -0.2) is 75.6 Å². The summed E-state index contributed by atoms with van der Waals surface area (Å²) in [6.07, 6.45) is 7.55. The van der Waals surface area contributed by atoms with Gasteiger partial charge in [0.1, 0.15) is 34.3 Å². The van der Waals surface area contributed by atoms with Crippen molar-refractivity contribution in [1.29, 1.82) is 0 Å². The fraction of sp³-hybridized carbons (Fsp3) is 0.156. The van der Waals surface area contributed by atoms with Crippen LogP contribution < -0.4 is 9.47 Å². The van der Waals surface area contributed by atoms with E-state index in [-0.39, 0.29) is 5.75 Å². The Morgan fingerprint density at radius 1 is 0.618 bits per heavy atom. The van der Waals surface area contributed by atoms with Crippen LogP contribution in [-0.2, 0) is 11.3 Å². The molecule has 4 aromatic heterocycles. The summed E-state index contributed by atoms with van der Waals surface area (Å²) in [5, 5.41) is 22.4. The van der Waals surface area contributed by atoms with Gasteiger partial charge in [-0.05, 0) is 53.6 Å². The third kappa shape index (κ3) is 7.46. The van der Waals surface area contributed by atoms with Crippen molar-refractivity contribution in [1.82, 2.24) is 24.8 Å². The Kier molecular flexibility index (Phi) is 10.2. The van der Waals surface area contributed by atoms with Crippen LogP contribution in [0.15, 0.2) is 128 Å². The molecular weight excluding hydrogens is 691 g/mol. The number of fused-ring (bicyclic) bond motifs is 2. The van der Waals surface area contributed by atoms with Crippen molar-refractivity contribution in [2.24, 2.45) is 0 Å². The lowest BCUT2D eigenvalue weighted by Crippen LogP contribution is -2.35. The number of para-hydroxylation sites is 2. The number of methoxy groups -OCH3 is 2. The second kappa shape index (κ2) is 15.8. The molecule has 0 atom stereocenters. The lowest BCUT2D eigenvalue weighted by molar-refractivity contribution is 0.0339. The van der Waals surface area contributed by atoms with Gasteiger partial charge in [-0.1, -0.05) is 60.7 Å². The molecule has 4 N–H and O–H groups in total. The first-order valence-electron chi connectivity index (χ1n) is 18.1. The summed E-state index contributed by atoms with van der Waals surface area (Å²) in [5.41, 5.74) is 10.4. The molecule has 55 heavy (non-hydrogen) atoms. The number of rotatable bonds is 8. The van der Waals surface area contributed by atoms with E-state index in [4.69, 9.17) is 14.2 Å². The second-order valence-electron chi connectivity index (χ2n) is 13.3. The zero-order valence-electron chi connectivity index (χ0n) is 30.6. The fourth-order valence-corrected chi connectivity index (χ4v) is 7.07. The number of ether oxygens (including phenoxy) is 3. The van der Waals surface area contributed by atoms with Crippen molar-refractivity contribution < 1.29 is 24.4 Å². The normalized spacial score (nSPS) is 13.1. The second-order valence-corrected chi connectivity index (χ2v) is 13.3. The van der Waals surface area contributed by atoms with Crippen molar-refractivity contribution in [3.05, 3.63) is 133 Å². The molecule has 0 radical (unpaired) electrons. The highest BCUT2D eigenvalue weighted by atomic mass is 16.5. The smallest absolute Gasteiger partial charge is 0.137 e. The van der Waals surface area contributed by atoms with Crippen LogP contribution in [0.2, 0.25) is 0 Å². The van der Waals surface area contributed by atoms with Gasteiger partial charge >= 0.3 is 0 Å². The monoisotopic (exact) mass is 731 g/mol. The first-order chi connectivity index (χ1) is 27.0. The third-order valence-electron chi connectivity index (χ3n) is 9.95. The Morgan fingerprint density at radius 2 is 1.18 bits per heavy atom. The van der Waals surface area contributed by atoms with Crippen LogP contribution in [0, 0.1) is 0 Å². The molecule has 0 bridgehead atoms. The molecule has 1 fully saturated rings. The van der Waals surface area contributed by atoms with E-state index in [9.17, 15) is 10.2 Å². The van der Waals surface area contributed by atoms with E-state index in [1.807, 2.05) is 97.5 Å². The average molecular weight is 732 g/mol. The van der Waals surface area contributed by atoms with E-state index in [0.717, 1.165) is 116 Å². The predicted molar refractivity (Wildman–Crippen MR) is 216 cm³/mol. The number of morpholine rings is 1. The van der Waals surface area contributed by atoms with Crippen LogP contribution >= 0.6 is 0 Å². The minimum absolute atomic E-state index is 0.242. The van der Waals surface area contributed by atoms with Gasteiger partial charge in [-0.25, -0.2) is 9.97 Å². The average Bonchev–Trinajstić information content (AvgIpc) is 3.86. The van der Waals surface area contributed by atoms with Gasteiger partial charge in [-0.3, -0.25) is 4.90 Å². The van der Waals surface area contributed by atoms with Gasteiger partial charge in [0, 0.05) is 94.1 Å². The van der Waals surface area contributed by atoms with Crippen LogP contribution in [0.5, 0.6) is 23.0 Å². The Morgan fingerprint density at radius 3 is 1.73 bits per heavy atom. The Bertz CT molecular complexity index is 2590. The molecule has 8 aromatic rings. The number of aromatic nitrogens is 4. The summed E-state index contributed by atoms with van der Waals surface area (Å²) < 4.78 is 16.4. The molecular formula is C45H41N5O5. The number of nitrogens with zero attached hydrogens (tertiary/aromatic N) is 3. The highest BCUT2D eigenvalue weighted by molar-refractivity contribution is 5.98. The molecule has 0 amide bonds. The van der Waals surface area contributed by atoms with E-state index in [1.165, 1.54) is 0 Å². The van der Waals surface area contributed by atoms with Crippen molar-refractivity contribution in [3.8, 4) is 67.5 Å². The number of hydrogen-bond donors (Lipinski definition) is 4. The topological polar surface area (TPSA) is 129 Å². The van der Waals surface area contributed by atoms with Gasteiger partial charge < -0.3 is 34.4 Å². The number of nitrogens with one attached hydrogen (secondary N) is 2. The van der Waals surface area contributed by atoms with Gasteiger partial charge in [-0.2, -0.15) is 0 Å². The molecule has 10 nitrogen and oxygen atoms in total. The Labute approximate surface area is 318 Å². The lowest BCUT2D eigenvalue weighted by atomic mass is 10.0. The van der Waals surface area contributed by atoms with Crippen LogP contribution in [0.3, 0.4) is 0 Å². The maximum Gasteiger partial charge on any atom is 0.137 e. The number of phenols is 2. The van der Waals surface area contributed by atoms with E-state index >= 15 is 0 Å². The number of benzene rings is 4. The summed E-state index contributed by atoms with van der Waals surface area (Å²) in [4.78, 5) is 17.9. The van der Waals surface area contributed by atoms with Crippen molar-refractivity contribution in [2.45, 2.75) is 6.54 Å². The maximum atomic E-state index is 10.7. The van der Waals surface area contributed by atoms with Crippen LogP contribution in [0.4, 0.5) is 0 Å². The number of hydrogen-bond acceptors (Lipinski definition) is 8. The highest BCUT2D eigenvalue weighted by Gasteiger charge is 2.16. The molecule has 0 unspecified atom stereocenters. The predicted octanol–water partition coefficient (Wildman–Crippen LogP) is 9.05. The van der Waals surface area contributed by atoms with Crippen molar-refractivity contribution in [2.75, 3.05) is 40.5 Å². The molecule has 0 saturated carbocycles. The molecule has 4 aromatic carbocycles. The Balaban J connectivity index is 0.000000160. The third-order valence-corrected chi connectivity index (χ3v) is 9.95. The van der Waals surface area contributed by atoms with E-state index in [1.54, 1.807) is 32.5 Å². The molecule has 1 saturated heterocycles. The molecule has 0 spiro atoms. The molecule has 0 aliphatic carbocycles. The molecule has 1 aliphatic heterocycles. The Hall–Kier alpha value is -6.62. The largest absolute Gasteiger partial charge is 0.508 e. The van der Waals surface area contributed by atoms with Crippen molar-refractivity contribution >= 4 is 22.1 Å². The molecule has 10 heteroatoms. The van der Waals surface area contributed by atoms with Gasteiger partial charge in [0.25, 0.3) is 0 Å². The molecule has 1 aliphatic rings.